The summed E-state index contributed by atoms with van der Waals surface area (Å²) in [5.74, 6) is -1.10. The fourth-order valence-corrected chi connectivity index (χ4v) is 6.15. The third-order valence-corrected chi connectivity index (χ3v) is 8.72. The topological polar surface area (TPSA) is 64.1 Å². The van der Waals surface area contributed by atoms with Crippen LogP contribution in [0.2, 0.25) is 0 Å². The predicted molar refractivity (Wildman–Crippen MR) is 149 cm³/mol. The number of alkyl halides is 6. The summed E-state index contributed by atoms with van der Waals surface area (Å²) in [6.45, 7) is 3.54. The summed E-state index contributed by atoms with van der Waals surface area (Å²) in [5.41, 5.74) is -3.98. The number of hydrogen-bond acceptors (Lipinski definition) is 4. The fourth-order valence-electron chi connectivity index (χ4n) is 6.15. The molecule has 236 valence electrons. The highest BCUT2D eigenvalue weighted by Gasteiger charge is 2.62. The van der Waals surface area contributed by atoms with Gasteiger partial charge in [-0.2, -0.15) is 26.3 Å². The first-order chi connectivity index (χ1) is 20.0. The smallest absolute Gasteiger partial charge is 0.372 e. The number of aryl methyl sites for hydroxylation is 1. The summed E-state index contributed by atoms with van der Waals surface area (Å²) in [6.07, 6.45) is -6.83. The van der Waals surface area contributed by atoms with E-state index in [2.05, 4.69) is 4.90 Å². The lowest BCUT2D eigenvalue weighted by atomic mass is 9.82. The van der Waals surface area contributed by atoms with Gasteiger partial charge in [-0.25, -0.2) is 0 Å². The van der Waals surface area contributed by atoms with E-state index in [0.29, 0.717) is 36.5 Å². The summed E-state index contributed by atoms with van der Waals surface area (Å²) in [6, 6.07) is 8.04. The molecule has 0 unspecified atom stereocenters. The van der Waals surface area contributed by atoms with Crippen LogP contribution in [0.3, 0.4) is 0 Å². The van der Waals surface area contributed by atoms with Gasteiger partial charge in [0.1, 0.15) is 0 Å². The zero-order chi connectivity index (χ0) is 31.7. The second kappa shape index (κ2) is 12.4. The van der Waals surface area contributed by atoms with Gasteiger partial charge in [-0.05, 0) is 86.8 Å². The largest absolute Gasteiger partial charge is 0.430 e. The van der Waals surface area contributed by atoms with E-state index in [1.165, 1.54) is 0 Å². The minimum Gasteiger partial charge on any atom is -0.372 e. The average Bonchev–Trinajstić information content (AvgIpc) is 2.95. The maximum Gasteiger partial charge on any atom is 0.430 e. The number of likely N-dealkylation sites (tertiary alicyclic amines) is 1. The summed E-state index contributed by atoms with van der Waals surface area (Å²) in [4.78, 5) is 30.1. The Morgan fingerprint density at radius 3 is 1.93 bits per heavy atom. The number of aliphatic hydroxyl groups is 1. The van der Waals surface area contributed by atoms with Crippen molar-refractivity contribution in [3.05, 3.63) is 64.7 Å². The lowest BCUT2D eigenvalue weighted by Crippen LogP contribution is -2.57. The summed E-state index contributed by atoms with van der Waals surface area (Å²) in [5, 5.41) is 10.7. The predicted octanol–water partition coefficient (Wildman–Crippen LogP) is 6.01. The molecule has 0 bridgehead atoms. The van der Waals surface area contributed by atoms with Crippen LogP contribution in [-0.4, -0.2) is 73.2 Å². The molecule has 4 rings (SSSR count). The standard InChI is InChI=1S/C31H37F6N3O3/c1-20-17-25(7-8-26(20)27(41)38(2)3)39-13-9-21(10-14-39)18-22-11-15-40(16-12-22)28(42)29(43,31(35,36)37)23-5-4-6-24(19-23)30(32,33)34/h4-8,17,19,21-22,43H,9-16,18H2,1-3H3/t29-/m1/s1. The first-order valence-electron chi connectivity index (χ1n) is 14.4. The van der Waals surface area contributed by atoms with Crippen molar-refractivity contribution in [2.75, 3.05) is 45.2 Å². The van der Waals surface area contributed by atoms with Gasteiger partial charge in [0, 0.05) is 57.1 Å². The first kappa shape index (κ1) is 32.6. The van der Waals surface area contributed by atoms with E-state index >= 15 is 0 Å². The molecular formula is C31H37F6N3O3. The Bertz CT molecular complexity index is 1310. The van der Waals surface area contributed by atoms with Gasteiger partial charge in [0.05, 0.1) is 5.56 Å². The number of amides is 2. The Kier molecular flexibility index (Phi) is 9.39. The molecule has 0 aliphatic carbocycles. The number of anilines is 1. The number of carbonyl (C=O) groups is 2. The normalized spacial score (nSPS) is 18.8. The number of rotatable bonds is 6. The highest BCUT2D eigenvalue weighted by atomic mass is 19.4. The molecule has 0 saturated carbocycles. The minimum atomic E-state index is -5.51. The second-order valence-electron chi connectivity index (χ2n) is 11.9. The quantitative estimate of drug-likeness (QED) is 0.406. The van der Waals surface area contributed by atoms with Crippen LogP contribution >= 0.6 is 0 Å². The SMILES string of the molecule is Cc1cc(N2CCC(CC3CCN(C(=O)[C@](O)(c4cccc(C(F)(F)F)c4)C(F)(F)F)CC3)CC2)ccc1C(=O)N(C)C. The summed E-state index contributed by atoms with van der Waals surface area (Å²) in [7, 11) is 3.43. The number of halogens is 6. The maximum atomic E-state index is 14.1. The Morgan fingerprint density at radius 2 is 1.42 bits per heavy atom. The van der Waals surface area contributed by atoms with Crippen molar-refractivity contribution in [3.8, 4) is 0 Å². The molecule has 2 aliphatic rings. The third kappa shape index (κ3) is 6.94. The number of piperidine rings is 2. The van der Waals surface area contributed by atoms with Crippen LogP contribution in [0.5, 0.6) is 0 Å². The van der Waals surface area contributed by atoms with Crippen molar-refractivity contribution in [1.29, 1.82) is 0 Å². The molecule has 1 atom stereocenters. The Labute approximate surface area is 247 Å². The lowest BCUT2D eigenvalue weighted by molar-refractivity contribution is -0.262. The van der Waals surface area contributed by atoms with E-state index in [9.17, 15) is 41.0 Å². The highest BCUT2D eigenvalue weighted by Crippen LogP contribution is 2.43. The zero-order valence-corrected chi connectivity index (χ0v) is 24.4. The van der Waals surface area contributed by atoms with Gasteiger partial charge in [-0.1, -0.05) is 12.1 Å². The van der Waals surface area contributed by atoms with Crippen molar-refractivity contribution in [1.82, 2.24) is 9.80 Å². The zero-order valence-electron chi connectivity index (χ0n) is 24.4. The average molecular weight is 614 g/mol. The van der Waals surface area contributed by atoms with Gasteiger partial charge in [-0.3, -0.25) is 9.59 Å². The second-order valence-corrected chi connectivity index (χ2v) is 11.9. The number of carbonyl (C=O) groups excluding carboxylic acids is 2. The van der Waals surface area contributed by atoms with Crippen LogP contribution in [0.1, 0.15) is 59.2 Å². The maximum absolute atomic E-state index is 14.1. The molecule has 12 heteroatoms. The highest BCUT2D eigenvalue weighted by molar-refractivity contribution is 5.95. The van der Waals surface area contributed by atoms with Gasteiger partial charge in [0.15, 0.2) is 0 Å². The van der Waals surface area contributed by atoms with Crippen LogP contribution in [-0.2, 0) is 16.6 Å². The molecule has 6 nitrogen and oxygen atoms in total. The molecule has 2 amide bonds. The number of hydrogen-bond donors (Lipinski definition) is 1. The van der Waals surface area contributed by atoms with Crippen LogP contribution in [0.4, 0.5) is 32.0 Å². The number of nitrogens with zero attached hydrogens (tertiary/aromatic N) is 3. The first-order valence-corrected chi connectivity index (χ1v) is 14.4. The molecule has 0 aromatic heterocycles. The van der Waals surface area contributed by atoms with Crippen molar-refractivity contribution >= 4 is 17.5 Å². The van der Waals surface area contributed by atoms with Gasteiger partial charge in [-0.15, -0.1) is 0 Å². The van der Waals surface area contributed by atoms with E-state index in [4.69, 9.17) is 0 Å². The van der Waals surface area contributed by atoms with Gasteiger partial charge in [0.25, 0.3) is 17.4 Å². The van der Waals surface area contributed by atoms with Gasteiger partial charge >= 0.3 is 12.4 Å². The molecule has 2 aromatic rings. The molecule has 2 aliphatic heterocycles. The van der Waals surface area contributed by atoms with E-state index < -0.39 is 35.0 Å². The Morgan fingerprint density at radius 1 is 0.860 bits per heavy atom. The fraction of sp³-hybridized carbons (Fsp3) is 0.548. The molecular weight excluding hydrogens is 576 g/mol. The van der Waals surface area contributed by atoms with Gasteiger partial charge < -0.3 is 19.8 Å². The lowest BCUT2D eigenvalue weighted by Gasteiger charge is -2.40. The molecule has 0 radical (unpaired) electrons. The van der Waals surface area contributed by atoms with Crippen molar-refractivity contribution in [3.63, 3.8) is 0 Å². The van der Waals surface area contributed by atoms with Crippen LogP contribution in [0.25, 0.3) is 0 Å². The molecule has 2 saturated heterocycles. The summed E-state index contributed by atoms with van der Waals surface area (Å²) < 4.78 is 81.7. The van der Waals surface area contributed by atoms with Crippen LogP contribution < -0.4 is 4.90 Å². The van der Waals surface area contributed by atoms with Crippen molar-refractivity contribution < 1.29 is 41.0 Å². The Balaban J connectivity index is 1.33. The molecule has 43 heavy (non-hydrogen) atoms. The number of benzene rings is 2. The van der Waals surface area contributed by atoms with E-state index in [0.717, 1.165) is 54.6 Å². The molecule has 0 spiro atoms. The van der Waals surface area contributed by atoms with Crippen molar-refractivity contribution in [2.45, 2.75) is 57.0 Å². The molecule has 2 heterocycles. The van der Waals surface area contributed by atoms with Crippen molar-refractivity contribution in [2.24, 2.45) is 11.8 Å². The minimum absolute atomic E-state index is 0.0169. The van der Waals surface area contributed by atoms with E-state index in [-0.39, 0.29) is 31.0 Å². The Hall–Kier alpha value is -3.28. The van der Waals surface area contributed by atoms with E-state index in [1.807, 2.05) is 25.1 Å². The van der Waals surface area contributed by atoms with E-state index in [1.54, 1.807) is 19.0 Å². The third-order valence-electron chi connectivity index (χ3n) is 8.72. The molecule has 2 fully saturated rings. The van der Waals surface area contributed by atoms with Crippen LogP contribution in [0.15, 0.2) is 42.5 Å². The van der Waals surface area contributed by atoms with Crippen LogP contribution in [0, 0.1) is 18.8 Å². The monoisotopic (exact) mass is 613 g/mol. The molecule has 2 aromatic carbocycles. The van der Waals surface area contributed by atoms with Gasteiger partial charge in [0.2, 0.25) is 0 Å². The summed E-state index contributed by atoms with van der Waals surface area (Å²) >= 11 is 0. The molecule has 1 N–H and O–H groups in total.